The fraction of sp³-hybridized carbons (Fsp3) is 0.207. The molecule has 0 bridgehead atoms. The Kier molecular flexibility index (Phi) is 6.36. The van der Waals surface area contributed by atoms with E-state index in [4.69, 9.17) is 15.7 Å². The normalized spacial score (nSPS) is 14.8. The van der Waals surface area contributed by atoms with E-state index in [9.17, 15) is 0 Å². The highest BCUT2D eigenvalue weighted by molar-refractivity contribution is 5.84. The number of benzene rings is 2. The number of pyridine rings is 2. The molecule has 3 aromatic heterocycles. The number of fused-ring (bicyclic) bond motifs is 1. The fourth-order valence-electron chi connectivity index (χ4n) is 4.90. The SMILES string of the molecule is CNN1CCN(Cc2ccc(-n3c(-c4cccnc4N)nc4ccc(-c5ccccc5)nc43)cc2)CC1. The van der Waals surface area contributed by atoms with Gasteiger partial charge in [-0.1, -0.05) is 42.5 Å². The summed E-state index contributed by atoms with van der Waals surface area (Å²) in [5.41, 5.74) is 16.2. The average molecular weight is 491 g/mol. The first kappa shape index (κ1) is 23.3. The Morgan fingerprint density at radius 2 is 1.62 bits per heavy atom. The summed E-state index contributed by atoms with van der Waals surface area (Å²) in [5.74, 6) is 1.17. The van der Waals surface area contributed by atoms with Crippen molar-refractivity contribution in [3.8, 4) is 28.3 Å². The van der Waals surface area contributed by atoms with Crippen LogP contribution in [0, 0.1) is 0 Å². The van der Waals surface area contributed by atoms with Gasteiger partial charge < -0.3 is 5.73 Å². The highest BCUT2D eigenvalue weighted by atomic mass is 15.5. The lowest BCUT2D eigenvalue weighted by Crippen LogP contribution is -2.50. The minimum atomic E-state index is 0.444. The number of hydrazine groups is 1. The van der Waals surface area contributed by atoms with Gasteiger partial charge in [-0.25, -0.2) is 20.0 Å². The standard InChI is InChI=1S/C29H30N8/c1-31-36-18-16-35(17-19-36)20-21-9-11-23(12-10-21)37-28(24-8-5-15-32-27(24)30)34-26-14-13-25(33-29(26)37)22-6-3-2-4-7-22/h2-15,31H,16-20H2,1H3,(H2,30,32). The highest BCUT2D eigenvalue weighted by Gasteiger charge is 2.19. The van der Waals surface area contributed by atoms with Crippen molar-refractivity contribution >= 4 is 17.0 Å². The number of hydrogen-bond acceptors (Lipinski definition) is 7. The Hall–Kier alpha value is -4.11. The molecule has 8 heteroatoms. The Bertz CT molecular complexity index is 1500. The zero-order valence-electron chi connectivity index (χ0n) is 20.9. The molecule has 2 aromatic carbocycles. The van der Waals surface area contributed by atoms with E-state index in [1.165, 1.54) is 5.56 Å². The van der Waals surface area contributed by atoms with Crippen LogP contribution in [-0.4, -0.2) is 62.7 Å². The topological polar surface area (TPSA) is 88.1 Å². The van der Waals surface area contributed by atoms with E-state index >= 15 is 0 Å². The number of piperazine rings is 1. The number of rotatable bonds is 6. The van der Waals surface area contributed by atoms with E-state index in [-0.39, 0.29) is 0 Å². The Labute approximate surface area is 216 Å². The van der Waals surface area contributed by atoms with Crippen molar-refractivity contribution in [2.45, 2.75) is 6.54 Å². The van der Waals surface area contributed by atoms with Crippen molar-refractivity contribution in [2.24, 2.45) is 0 Å². The summed E-state index contributed by atoms with van der Waals surface area (Å²) in [7, 11) is 1.99. The first-order chi connectivity index (χ1) is 18.2. The lowest BCUT2D eigenvalue weighted by Gasteiger charge is -2.34. The Morgan fingerprint density at radius 3 is 2.35 bits per heavy atom. The third-order valence-corrected chi connectivity index (χ3v) is 6.94. The van der Waals surface area contributed by atoms with Gasteiger partial charge in [0.25, 0.3) is 0 Å². The molecule has 1 aliphatic rings. The first-order valence-corrected chi connectivity index (χ1v) is 12.6. The largest absolute Gasteiger partial charge is 0.383 e. The number of nitrogens with one attached hydrogen (secondary N) is 1. The maximum atomic E-state index is 6.29. The van der Waals surface area contributed by atoms with E-state index in [0.717, 1.165) is 72.2 Å². The number of nitrogens with zero attached hydrogens (tertiary/aromatic N) is 6. The van der Waals surface area contributed by atoms with Crippen LogP contribution in [-0.2, 0) is 6.54 Å². The lowest BCUT2D eigenvalue weighted by molar-refractivity contribution is 0.0947. The van der Waals surface area contributed by atoms with Crippen LogP contribution >= 0.6 is 0 Å². The third kappa shape index (κ3) is 4.70. The van der Waals surface area contributed by atoms with Crippen LogP contribution in [0.15, 0.2) is 85.1 Å². The van der Waals surface area contributed by atoms with E-state index < -0.39 is 0 Å². The van der Waals surface area contributed by atoms with Gasteiger partial charge in [0.05, 0.1) is 11.3 Å². The fourth-order valence-corrected chi connectivity index (χ4v) is 4.90. The molecular weight excluding hydrogens is 460 g/mol. The number of anilines is 1. The molecular formula is C29H30N8. The molecule has 3 N–H and O–H groups in total. The number of imidazole rings is 1. The molecule has 0 spiro atoms. The second-order valence-corrected chi connectivity index (χ2v) is 9.27. The van der Waals surface area contributed by atoms with E-state index in [0.29, 0.717) is 5.82 Å². The van der Waals surface area contributed by atoms with Crippen LogP contribution < -0.4 is 11.2 Å². The summed E-state index contributed by atoms with van der Waals surface area (Å²) in [6, 6.07) is 26.8. The van der Waals surface area contributed by atoms with Gasteiger partial charge in [-0.2, -0.15) is 0 Å². The minimum Gasteiger partial charge on any atom is -0.383 e. The first-order valence-electron chi connectivity index (χ1n) is 12.6. The van der Waals surface area contributed by atoms with Gasteiger partial charge in [0, 0.05) is 50.2 Å². The maximum absolute atomic E-state index is 6.29. The zero-order valence-corrected chi connectivity index (χ0v) is 20.9. The molecule has 4 heterocycles. The van der Waals surface area contributed by atoms with Crippen molar-refractivity contribution < 1.29 is 0 Å². The average Bonchev–Trinajstić information content (AvgIpc) is 3.33. The summed E-state index contributed by atoms with van der Waals surface area (Å²) in [6.45, 7) is 5.08. The van der Waals surface area contributed by atoms with Gasteiger partial charge in [-0.3, -0.25) is 14.9 Å². The number of nitrogens with two attached hydrogens (primary N) is 1. The molecule has 0 saturated carbocycles. The molecule has 1 saturated heterocycles. The van der Waals surface area contributed by atoms with Crippen LogP contribution in [0.3, 0.4) is 0 Å². The molecule has 5 aromatic rings. The van der Waals surface area contributed by atoms with E-state index in [1.54, 1.807) is 6.20 Å². The zero-order chi connectivity index (χ0) is 25.2. The number of aromatic nitrogens is 4. The minimum absolute atomic E-state index is 0.444. The van der Waals surface area contributed by atoms with Gasteiger partial charge in [0.15, 0.2) is 11.5 Å². The van der Waals surface area contributed by atoms with Crippen LogP contribution in [0.1, 0.15) is 5.56 Å². The van der Waals surface area contributed by atoms with Gasteiger partial charge in [-0.15, -0.1) is 0 Å². The third-order valence-electron chi connectivity index (χ3n) is 6.94. The molecule has 0 radical (unpaired) electrons. The van der Waals surface area contributed by atoms with Gasteiger partial charge in [-0.05, 0) is 49.0 Å². The molecule has 37 heavy (non-hydrogen) atoms. The highest BCUT2D eigenvalue weighted by Crippen LogP contribution is 2.31. The molecule has 1 fully saturated rings. The summed E-state index contributed by atoms with van der Waals surface area (Å²) < 4.78 is 2.09. The van der Waals surface area contributed by atoms with Crippen molar-refractivity contribution in [3.05, 3.63) is 90.6 Å². The van der Waals surface area contributed by atoms with Crippen molar-refractivity contribution in [3.63, 3.8) is 0 Å². The number of nitrogen functional groups attached to an aromatic ring is 1. The summed E-state index contributed by atoms with van der Waals surface area (Å²) >= 11 is 0. The quantitative estimate of drug-likeness (QED) is 0.372. The van der Waals surface area contributed by atoms with Crippen LogP contribution in [0.4, 0.5) is 5.82 Å². The molecule has 0 atom stereocenters. The second-order valence-electron chi connectivity index (χ2n) is 9.27. The second kappa shape index (κ2) is 10.1. The van der Waals surface area contributed by atoms with Gasteiger partial charge >= 0.3 is 0 Å². The molecule has 0 amide bonds. The van der Waals surface area contributed by atoms with E-state index in [1.807, 2.05) is 49.5 Å². The van der Waals surface area contributed by atoms with Crippen LogP contribution in [0.25, 0.3) is 39.5 Å². The number of hydrogen-bond donors (Lipinski definition) is 2. The molecule has 1 aliphatic heterocycles. The lowest BCUT2D eigenvalue weighted by atomic mass is 10.1. The van der Waals surface area contributed by atoms with Crippen molar-refractivity contribution in [1.82, 2.24) is 34.9 Å². The summed E-state index contributed by atoms with van der Waals surface area (Å²) in [6.07, 6.45) is 1.70. The monoisotopic (exact) mass is 490 g/mol. The molecule has 0 aliphatic carbocycles. The Balaban J connectivity index is 1.40. The predicted octanol–water partition coefficient (Wildman–Crippen LogP) is 3.98. The van der Waals surface area contributed by atoms with Crippen LogP contribution in [0.2, 0.25) is 0 Å². The van der Waals surface area contributed by atoms with Crippen molar-refractivity contribution in [1.29, 1.82) is 0 Å². The summed E-state index contributed by atoms with van der Waals surface area (Å²) in [4.78, 5) is 16.8. The molecule has 0 unspecified atom stereocenters. The van der Waals surface area contributed by atoms with E-state index in [2.05, 4.69) is 61.3 Å². The van der Waals surface area contributed by atoms with Gasteiger partial charge in [0.1, 0.15) is 11.3 Å². The van der Waals surface area contributed by atoms with Crippen LogP contribution in [0.5, 0.6) is 0 Å². The smallest absolute Gasteiger partial charge is 0.165 e. The maximum Gasteiger partial charge on any atom is 0.165 e. The molecule has 8 nitrogen and oxygen atoms in total. The molecule has 186 valence electrons. The summed E-state index contributed by atoms with van der Waals surface area (Å²) in [5, 5.41) is 2.26. The van der Waals surface area contributed by atoms with Crippen molar-refractivity contribution in [2.75, 3.05) is 39.0 Å². The van der Waals surface area contributed by atoms with Gasteiger partial charge in [0.2, 0.25) is 0 Å². The predicted molar refractivity (Wildman–Crippen MR) is 148 cm³/mol. The molecule has 6 rings (SSSR count). The Morgan fingerprint density at radius 1 is 0.838 bits per heavy atom.